The van der Waals surface area contributed by atoms with E-state index in [1.807, 2.05) is 51.1 Å². The van der Waals surface area contributed by atoms with Crippen molar-refractivity contribution in [3.8, 4) is 0 Å². The zero-order valence-electron chi connectivity index (χ0n) is 18.2. The predicted octanol–water partition coefficient (Wildman–Crippen LogP) is 6.03. The van der Waals surface area contributed by atoms with E-state index < -0.39 is 23.6 Å². The molecule has 1 N–H and O–H groups in total. The second-order valence-electron chi connectivity index (χ2n) is 8.05. The molecular formula is C26H21F3N2O2. The van der Waals surface area contributed by atoms with E-state index in [1.165, 1.54) is 0 Å². The lowest BCUT2D eigenvalue weighted by molar-refractivity contribution is -0.137. The molecule has 3 aromatic rings. The monoisotopic (exact) mass is 450 g/mol. The Morgan fingerprint density at radius 2 is 1.36 bits per heavy atom. The van der Waals surface area contributed by atoms with Gasteiger partial charge in [0.2, 0.25) is 0 Å². The van der Waals surface area contributed by atoms with Crippen LogP contribution in [0.2, 0.25) is 0 Å². The zero-order chi connectivity index (χ0) is 23.9. The fraction of sp³-hybridized carbons (Fsp3) is 0.154. The van der Waals surface area contributed by atoms with Crippen molar-refractivity contribution < 1.29 is 22.8 Å². The van der Waals surface area contributed by atoms with Crippen molar-refractivity contribution in [2.45, 2.75) is 26.9 Å². The van der Waals surface area contributed by atoms with Gasteiger partial charge in [-0.15, -0.1) is 0 Å². The molecule has 0 aromatic heterocycles. The van der Waals surface area contributed by atoms with E-state index in [0.29, 0.717) is 11.3 Å². The molecule has 2 amide bonds. The summed E-state index contributed by atoms with van der Waals surface area (Å²) >= 11 is 0. The van der Waals surface area contributed by atoms with Crippen molar-refractivity contribution in [1.82, 2.24) is 0 Å². The van der Waals surface area contributed by atoms with Gasteiger partial charge in [-0.25, -0.2) is 4.90 Å². The van der Waals surface area contributed by atoms with Crippen LogP contribution in [-0.4, -0.2) is 11.8 Å². The fourth-order valence-electron chi connectivity index (χ4n) is 3.76. The molecule has 33 heavy (non-hydrogen) atoms. The van der Waals surface area contributed by atoms with Gasteiger partial charge >= 0.3 is 6.18 Å². The van der Waals surface area contributed by atoms with Crippen LogP contribution in [0.15, 0.2) is 72.4 Å². The smallest absolute Gasteiger partial charge is 0.350 e. The molecule has 0 bridgehead atoms. The van der Waals surface area contributed by atoms with Gasteiger partial charge in [0.1, 0.15) is 5.70 Å². The molecule has 0 atom stereocenters. The van der Waals surface area contributed by atoms with Gasteiger partial charge in [0.25, 0.3) is 11.8 Å². The number of rotatable bonds is 4. The number of alkyl halides is 3. The summed E-state index contributed by atoms with van der Waals surface area (Å²) in [6.07, 6.45) is -4.52. The second kappa shape index (κ2) is 8.24. The third kappa shape index (κ3) is 4.26. The molecule has 0 saturated carbocycles. The molecule has 0 aliphatic carbocycles. The van der Waals surface area contributed by atoms with Crippen LogP contribution >= 0.6 is 0 Å². The Morgan fingerprint density at radius 1 is 0.758 bits per heavy atom. The third-order valence-electron chi connectivity index (χ3n) is 5.52. The number of nitrogens with one attached hydrogen (secondary N) is 1. The van der Waals surface area contributed by atoms with Crippen LogP contribution in [0, 0.1) is 20.8 Å². The third-order valence-corrected chi connectivity index (χ3v) is 5.52. The number of anilines is 2. The molecule has 0 spiro atoms. The molecule has 4 nitrogen and oxygen atoms in total. The Hall–Kier alpha value is -3.87. The van der Waals surface area contributed by atoms with Crippen LogP contribution < -0.4 is 10.2 Å². The number of nitrogens with zero attached hydrogens (tertiary/aromatic N) is 1. The molecule has 0 radical (unpaired) electrons. The van der Waals surface area contributed by atoms with Gasteiger partial charge < -0.3 is 5.32 Å². The standard InChI is InChI=1S/C26H21F3N2O2/c1-15-4-7-18(8-5-15)22-23(30-21-13-6-16(2)14-17(21)3)25(33)31(24(22)32)20-11-9-19(10-12-20)26(27,28)29/h4-14,30H,1-3H3. The minimum absolute atomic E-state index is 0.0695. The minimum Gasteiger partial charge on any atom is -0.350 e. The summed E-state index contributed by atoms with van der Waals surface area (Å²) < 4.78 is 38.9. The van der Waals surface area contributed by atoms with Crippen molar-refractivity contribution in [3.05, 3.63) is 100 Å². The zero-order valence-corrected chi connectivity index (χ0v) is 18.2. The average Bonchev–Trinajstić information content (AvgIpc) is 2.99. The van der Waals surface area contributed by atoms with E-state index in [4.69, 9.17) is 0 Å². The average molecular weight is 450 g/mol. The first-order chi connectivity index (χ1) is 15.6. The number of amides is 2. The quantitative estimate of drug-likeness (QED) is 0.494. The summed E-state index contributed by atoms with van der Waals surface area (Å²) in [5.41, 5.74) is 3.59. The molecule has 7 heteroatoms. The number of hydrogen-bond acceptors (Lipinski definition) is 3. The van der Waals surface area contributed by atoms with Gasteiger partial charge in [-0.1, -0.05) is 47.5 Å². The Kier molecular flexibility index (Phi) is 5.57. The molecule has 1 heterocycles. The topological polar surface area (TPSA) is 49.4 Å². The lowest BCUT2D eigenvalue weighted by Gasteiger charge is -2.17. The largest absolute Gasteiger partial charge is 0.416 e. The van der Waals surface area contributed by atoms with E-state index in [2.05, 4.69) is 5.32 Å². The molecule has 168 valence electrons. The van der Waals surface area contributed by atoms with Gasteiger partial charge in [0, 0.05) is 5.69 Å². The summed E-state index contributed by atoms with van der Waals surface area (Å²) in [6.45, 7) is 5.74. The number of imide groups is 1. The van der Waals surface area contributed by atoms with Crippen LogP contribution in [0.3, 0.4) is 0 Å². The van der Waals surface area contributed by atoms with E-state index in [1.54, 1.807) is 12.1 Å². The second-order valence-corrected chi connectivity index (χ2v) is 8.05. The highest BCUT2D eigenvalue weighted by Gasteiger charge is 2.41. The van der Waals surface area contributed by atoms with Crippen molar-refractivity contribution in [2.24, 2.45) is 0 Å². The Morgan fingerprint density at radius 3 is 1.94 bits per heavy atom. The number of aryl methyl sites for hydroxylation is 3. The van der Waals surface area contributed by atoms with E-state index in [-0.39, 0.29) is 17.0 Å². The maximum absolute atomic E-state index is 13.4. The highest BCUT2D eigenvalue weighted by atomic mass is 19.4. The summed E-state index contributed by atoms with van der Waals surface area (Å²) in [7, 11) is 0. The normalized spacial score (nSPS) is 14.3. The lowest BCUT2D eigenvalue weighted by Crippen LogP contribution is -2.32. The van der Waals surface area contributed by atoms with Crippen molar-refractivity contribution >= 4 is 28.8 Å². The first-order valence-corrected chi connectivity index (χ1v) is 10.3. The molecular weight excluding hydrogens is 429 g/mol. The molecule has 0 saturated heterocycles. The Balaban J connectivity index is 1.79. The Labute approximate surface area is 189 Å². The summed E-state index contributed by atoms with van der Waals surface area (Å²) in [5.74, 6) is -1.23. The minimum atomic E-state index is -4.52. The van der Waals surface area contributed by atoms with Crippen LogP contribution in [0.25, 0.3) is 5.57 Å². The van der Waals surface area contributed by atoms with Crippen molar-refractivity contribution in [2.75, 3.05) is 10.2 Å². The van der Waals surface area contributed by atoms with E-state index in [9.17, 15) is 22.8 Å². The van der Waals surface area contributed by atoms with Gasteiger partial charge in [0.15, 0.2) is 0 Å². The number of hydrogen-bond donors (Lipinski definition) is 1. The van der Waals surface area contributed by atoms with Gasteiger partial charge in [-0.2, -0.15) is 13.2 Å². The number of carbonyl (C=O) groups is 2. The number of benzene rings is 3. The molecule has 0 fully saturated rings. The first kappa shape index (κ1) is 22.3. The predicted molar refractivity (Wildman–Crippen MR) is 122 cm³/mol. The number of halogens is 3. The van der Waals surface area contributed by atoms with Gasteiger partial charge in [-0.05, 0) is 62.2 Å². The van der Waals surface area contributed by atoms with E-state index >= 15 is 0 Å². The Bertz CT molecular complexity index is 1270. The molecule has 0 unspecified atom stereocenters. The highest BCUT2D eigenvalue weighted by molar-refractivity contribution is 6.46. The molecule has 3 aromatic carbocycles. The van der Waals surface area contributed by atoms with Gasteiger partial charge in [0.05, 0.1) is 16.8 Å². The SMILES string of the molecule is Cc1ccc(C2=C(Nc3ccc(C)cc3C)C(=O)N(c3ccc(C(F)(F)F)cc3)C2=O)cc1. The lowest BCUT2D eigenvalue weighted by atomic mass is 10.0. The van der Waals surface area contributed by atoms with Crippen LogP contribution in [0.4, 0.5) is 24.5 Å². The molecule has 4 rings (SSSR count). The maximum Gasteiger partial charge on any atom is 0.416 e. The maximum atomic E-state index is 13.4. The number of carbonyl (C=O) groups excluding carboxylic acids is 2. The van der Waals surface area contributed by atoms with Crippen molar-refractivity contribution in [3.63, 3.8) is 0 Å². The first-order valence-electron chi connectivity index (χ1n) is 10.3. The highest BCUT2D eigenvalue weighted by Crippen LogP contribution is 2.36. The van der Waals surface area contributed by atoms with Crippen molar-refractivity contribution in [1.29, 1.82) is 0 Å². The summed E-state index contributed by atoms with van der Waals surface area (Å²) in [6, 6.07) is 16.8. The van der Waals surface area contributed by atoms with E-state index in [0.717, 1.165) is 45.9 Å². The summed E-state index contributed by atoms with van der Waals surface area (Å²) in [4.78, 5) is 27.7. The fourth-order valence-corrected chi connectivity index (χ4v) is 3.76. The van der Waals surface area contributed by atoms with Crippen LogP contribution in [0.5, 0.6) is 0 Å². The van der Waals surface area contributed by atoms with Crippen LogP contribution in [0.1, 0.15) is 27.8 Å². The molecule has 1 aliphatic heterocycles. The summed E-state index contributed by atoms with van der Waals surface area (Å²) in [5, 5.41) is 3.10. The van der Waals surface area contributed by atoms with Crippen LogP contribution in [-0.2, 0) is 15.8 Å². The molecule has 1 aliphatic rings. The van der Waals surface area contributed by atoms with Gasteiger partial charge in [-0.3, -0.25) is 9.59 Å².